The van der Waals surface area contributed by atoms with Gasteiger partial charge in [-0.3, -0.25) is 0 Å². The van der Waals surface area contributed by atoms with E-state index in [0.29, 0.717) is 17.8 Å². The van der Waals surface area contributed by atoms with Gasteiger partial charge in [0, 0.05) is 42.6 Å². The zero-order chi connectivity index (χ0) is 28.2. The molecule has 36 heavy (non-hydrogen) atoms. The van der Waals surface area contributed by atoms with Crippen molar-refractivity contribution < 1.29 is 0 Å². The molecule has 3 aromatic heterocycles. The highest BCUT2D eigenvalue weighted by molar-refractivity contribution is 5.06. The maximum Gasteiger partial charge on any atom is 0.130 e. The van der Waals surface area contributed by atoms with Crippen LogP contribution in [0.25, 0.3) is 0 Å². The molecule has 0 unspecified atom stereocenters. The van der Waals surface area contributed by atoms with Crippen LogP contribution in [0.4, 0.5) is 0 Å². The van der Waals surface area contributed by atoms with Gasteiger partial charge in [-0.15, -0.1) is 0 Å². The van der Waals surface area contributed by atoms with E-state index in [2.05, 4.69) is 113 Å². The third-order valence-corrected chi connectivity index (χ3v) is 3.55. The molecular weight excluding hydrogens is 444 g/mol. The first-order valence-corrected chi connectivity index (χ1v) is 13.4. The maximum absolute atomic E-state index is 4.07. The fourth-order valence-electron chi connectivity index (χ4n) is 1.86. The summed E-state index contributed by atoms with van der Waals surface area (Å²) >= 11 is 0. The van der Waals surface area contributed by atoms with Crippen LogP contribution in [0.5, 0.6) is 0 Å². The average Bonchev–Trinajstić information content (AvgIpc) is 2.88. The zero-order valence-corrected chi connectivity index (χ0v) is 25.2. The van der Waals surface area contributed by atoms with Crippen molar-refractivity contribution in [1.29, 1.82) is 0 Å². The van der Waals surface area contributed by atoms with Crippen molar-refractivity contribution in [3.63, 3.8) is 0 Å². The molecule has 0 radical (unpaired) electrons. The molecule has 3 aromatic rings. The van der Waals surface area contributed by atoms with Crippen LogP contribution in [0, 0.1) is 0 Å². The molecule has 0 N–H and O–H groups in total. The van der Waals surface area contributed by atoms with Gasteiger partial charge in [-0.2, -0.15) is 0 Å². The molecule has 0 atom stereocenters. The third-order valence-electron chi connectivity index (χ3n) is 3.55. The molecule has 0 spiro atoms. The Kier molecular flexibility index (Phi) is 29.9. The monoisotopic (exact) mass is 498 g/mol. The van der Waals surface area contributed by atoms with Crippen LogP contribution in [0.2, 0.25) is 0 Å². The smallest absolute Gasteiger partial charge is 0.130 e. The standard InChI is InChI=1S/3C7H10N2.3C3H8/c1-6(2)7-3-8-5-9-4-7;1-6(2)7-3-4-8-5-9-7;1-6(2)7-8-4-3-5-9-7;3*1-3-2/h3*3-6H,1-2H3;3*3H2,1-2H3. The third kappa shape index (κ3) is 25.9. The molecule has 0 aliphatic heterocycles. The SMILES string of the molecule is CC(C)c1ccncn1.CC(C)c1cncnc1.CC(C)c1ncccn1.CCC.CCC.CCC. The summed E-state index contributed by atoms with van der Waals surface area (Å²) < 4.78 is 0. The number of hydrogen-bond donors (Lipinski definition) is 0. The van der Waals surface area contributed by atoms with Crippen LogP contribution in [0.3, 0.4) is 0 Å². The quantitative estimate of drug-likeness (QED) is 0.358. The lowest BCUT2D eigenvalue weighted by Gasteiger charge is -1.99. The molecule has 0 saturated carbocycles. The first-order chi connectivity index (χ1) is 17.2. The Morgan fingerprint density at radius 3 is 1.28 bits per heavy atom. The number of aromatic nitrogens is 6. The van der Waals surface area contributed by atoms with Gasteiger partial charge in [0.05, 0.1) is 0 Å². The van der Waals surface area contributed by atoms with Crippen LogP contribution in [0.15, 0.2) is 55.8 Å². The number of hydrogen-bond acceptors (Lipinski definition) is 6. The molecule has 0 fully saturated rings. The second-order valence-corrected chi connectivity index (χ2v) is 9.00. The summed E-state index contributed by atoms with van der Waals surface area (Å²) in [5.41, 5.74) is 2.29. The Bertz CT molecular complexity index is 655. The molecule has 3 rings (SSSR count). The highest BCUT2D eigenvalue weighted by Crippen LogP contribution is 2.09. The minimum absolute atomic E-state index is 0.436. The van der Waals surface area contributed by atoms with Crippen LogP contribution in [0.1, 0.15) is 137 Å². The Morgan fingerprint density at radius 1 is 0.556 bits per heavy atom. The average molecular weight is 499 g/mol. The Morgan fingerprint density at radius 2 is 1.03 bits per heavy atom. The van der Waals surface area contributed by atoms with Gasteiger partial charge in [0.15, 0.2) is 0 Å². The molecule has 0 aliphatic rings. The van der Waals surface area contributed by atoms with Gasteiger partial charge in [0.1, 0.15) is 18.5 Å². The normalized spacial score (nSPS) is 9.08. The molecule has 3 heterocycles. The summed E-state index contributed by atoms with van der Waals surface area (Å²) in [6, 6.07) is 3.76. The van der Waals surface area contributed by atoms with Crippen molar-refractivity contribution in [1.82, 2.24) is 29.9 Å². The molecule has 0 amide bonds. The largest absolute Gasteiger partial charge is 0.245 e. The van der Waals surface area contributed by atoms with Crippen molar-refractivity contribution >= 4 is 0 Å². The molecule has 0 bridgehead atoms. The first-order valence-electron chi connectivity index (χ1n) is 13.4. The summed E-state index contributed by atoms with van der Waals surface area (Å²) in [5.74, 6) is 2.39. The second kappa shape index (κ2) is 28.5. The molecule has 0 aliphatic carbocycles. The number of nitrogens with zero attached hydrogens (tertiary/aromatic N) is 6. The van der Waals surface area contributed by atoms with Gasteiger partial charge in [-0.25, -0.2) is 29.9 Å². The summed E-state index contributed by atoms with van der Waals surface area (Å²) in [5, 5.41) is 0. The van der Waals surface area contributed by atoms with E-state index in [1.807, 2.05) is 24.5 Å². The van der Waals surface area contributed by atoms with Gasteiger partial charge < -0.3 is 0 Å². The summed E-state index contributed by atoms with van der Waals surface area (Å²) in [6.45, 7) is 25.4. The summed E-state index contributed by atoms with van der Waals surface area (Å²) in [6.07, 6.45) is 15.9. The number of rotatable bonds is 3. The fraction of sp³-hybridized carbons (Fsp3) is 0.600. The van der Waals surface area contributed by atoms with Crippen molar-refractivity contribution in [2.75, 3.05) is 0 Å². The molecule has 0 saturated heterocycles. The topological polar surface area (TPSA) is 77.3 Å². The lowest BCUT2D eigenvalue weighted by atomic mass is 10.1. The van der Waals surface area contributed by atoms with E-state index in [9.17, 15) is 0 Å². The van der Waals surface area contributed by atoms with Gasteiger partial charge in [0.2, 0.25) is 0 Å². The zero-order valence-electron chi connectivity index (χ0n) is 25.2. The van der Waals surface area contributed by atoms with Crippen molar-refractivity contribution in [3.05, 3.63) is 72.9 Å². The van der Waals surface area contributed by atoms with Crippen molar-refractivity contribution in [2.24, 2.45) is 0 Å². The molecule has 0 aromatic carbocycles. The van der Waals surface area contributed by atoms with E-state index in [1.165, 1.54) is 24.8 Å². The molecule has 6 heteroatoms. The molecule has 204 valence electrons. The van der Waals surface area contributed by atoms with Crippen LogP contribution in [-0.4, -0.2) is 29.9 Å². The van der Waals surface area contributed by atoms with Crippen LogP contribution >= 0.6 is 0 Å². The highest BCUT2D eigenvalue weighted by Gasteiger charge is 1.98. The lowest BCUT2D eigenvalue weighted by molar-refractivity contribution is 0.774. The van der Waals surface area contributed by atoms with E-state index >= 15 is 0 Å². The predicted octanol–water partition coefficient (Wildman–Crippen LogP) is 9.05. The minimum Gasteiger partial charge on any atom is -0.245 e. The van der Waals surface area contributed by atoms with Gasteiger partial charge in [0.25, 0.3) is 0 Å². The van der Waals surface area contributed by atoms with Gasteiger partial charge >= 0.3 is 0 Å². The Hall–Kier alpha value is -2.76. The first kappa shape index (κ1) is 37.8. The second-order valence-electron chi connectivity index (χ2n) is 9.00. The van der Waals surface area contributed by atoms with Gasteiger partial charge in [-0.1, -0.05) is 102 Å². The fourth-order valence-corrected chi connectivity index (χ4v) is 1.86. The van der Waals surface area contributed by atoms with E-state index < -0.39 is 0 Å². The minimum atomic E-state index is 0.436. The Balaban J connectivity index is -0.000000390. The molecule has 6 nitrogen and oxygen atoms in total. The maximum atomic E-state index is 4.07. The van der Waals surface area contributed by atoms with E-state index in [4.69, 9.17) is 0 Å². The highest BCUT2D eigenvalue weighted by atomic mass is 14.9. The van der Waals surface area contributed by atoms with Crippen LogP contribution in [-0.2, 0) is 0 Å². The summed E-state index contributed by atoms with van der Waals surface area (Å²) in [4.78, 5) is 23.8. The van der Waals surface area contributed by atoms with E-state index in [0.717, 1.165) is 11.5 Å². The van der Waals surface area contributed by atoms with Crippen molar-refractivity contribution in [3.8, 4) is 0 Å². The van der Waals surface area contributed by atoms with Gasteiger partial charge in [-0.05, 0) is 29.5 Å². The van der Waals surface area contributed by atoms with E-state index in [1.54, 1.807) is 31.2 Å². The summed E-state index contributed by atoms with van der Waals surface area (Å²) in [7, 11) is 0. The van der Waals surface area contributed by atoms with Crippen molar-refractivity contribution in [2.45, 2.75) is 120 Å². The predicted molar refractivity (Wildman–Crippen MR) is 156 cm³/mol. The Labute approximate surface area is 222 Å². The van der Waals surface area contributed by atoms with Crippen LogP contribution < -0.4 is 0 Å². The lowest BCUT2D eigenvalue weighted by Crippen LogP contribution is -1.93. The molecular formula is C30H54N6. The van der Waals surface area contributed by atoms with E-state index in [-0.39, 0.29) is 0 Å².